The maximum Gasteiger partial charge on any atom is 0.408 e. The number of anilines is 1. The van der Waals surface area contributed by atoms with Crippen molar-refractivity contribution in [1.29, 1.82) is 0 Å². The molecule has 0 radical (unpaired) electrons. The summed E-state index contributed by atoms with van der Waals surface area (Å²) in [5.74, 6) is -4.82. The van der Waals surface area contributed by atoms with Crippen molar-refractivity contribution in [3.05, 3.63) is 88.0 Å². The number of ether oxygens (including phenoxy) is 2. The number of hydrogen-bond donors (Lipinski definition) is 2. The van der Waals surface area contributed by atoms with Crippen LogP contribution in [0.1, 0.15) is 29.3 Å². The Labute approximate surface area is 254 Å². The molecule has 0 saturated heterocycles. The van der Waals surface area contributed by atoms with Crippen molar-refractivity contribution in [2.24, 2.45) is 7.05 Å². The maximum absolute atomic E-state index is 14.9. The molecule has 0 unspecified atom stereocenters. The van der Waals surface area contributed by atoms with Crippen molar-refractivity contribution in [2.45, 2.75) is 38.0 Å². The molecule has 4 aromatic rings. The highest BCUT2D eigenvalue weighted by Crippen LogP contribution is 2.33. The first-order chi connectivity index (χ1) is 21.3. The fourth-order valence-corrected chi connectivity index (χ4v) is 4.92. The minimum absolute atomic E-state index is 0.211. The molecule has 1 amide bonds. The first-order valence-electron chi connectivity index (χ1n) is 13.6. The largest absolute Gasteiger partial charge is 0.496 e. The number of hydrogen-bond acceptors (Lipinski definition) is 7. The summed E-state index contributed by atoms with van der Waals surface area (Å²) in [6.45, 7) is 1.25. The van der Waals surface area contributed by atoms with E-state index in [9.17, 15) is 36.3 Å². The number of benzene rings is 2. The summed E-state index contributed by atoms with van der Waals surface area (Å²) in [6, 6.07) is 5.79. The molecule has 238 valence electrons. The van der Waals surface area contributed by atoms with E-state index >= 15 is 0 Å². The van der Waals surface area contributed by atoms with Gasteiger partial charge in [0.15, 0.2) is 0 Å². The quantitative estimate of drug-likeness (QED) is 0.184. The van der Waals surface area contributed by atoms with Gasteiger partial charge in [0.25, 0.3) is 11.5 Å². The molecule has 9 nitrogen and oxygen atoms in total. The summed E-state index contributed by atoms with van der Waals surface area (Å²) in [4.78, 5) is 43.3. The molecule has 0 aliphatic carbocycles. The number of nitrogens with one attached hydrogen (secondary N) is 2. The van der Waals surface area contributed by atoms with Crippen LogP contribution in [-0.4, -0.2) is 53.9 Å². The summed E-state index contributed by atoms with van der Waals surface area (Å²) in [6.07, 6.45) is -2.23. The molecule has 2 aromatic heterocycles. The molecule has 0 fully saturated rings. The SMILES string of the molecule is CC[C@@H](Nc1cc(F)c(C(=O)N[C@@H](Cc2ccc(-c3c(OC)ccn(C)c3=O)c3ncccc23)C(=O)OC)c(F)c1)C(F)(F)F. The maximum atomic E-state index is 14.9. The number of alkyl halides is 3. The second kappa shape index (κ2) is 13.3. The highest BCUT2D eigenvalue weighted by molar-refractivity contribution is 5.99. The van der Waals surface area contributed by atoms with Crippen molar-refractivity contribution < 1.29 is 41.0 Å². The number of aromatic nitrogens is 2. The first-order valence-corrected chi connectivity index (χ1v) is 13.6. The predicted octanol–water partition coefficient (Wildman–Crippen LogP) is 5.15. The molecule has 2 aromatic carbocycles. The zero-order valence-corrected chi connectivity index (χ0v) is 24.6. The average molecular weight is 633 g/mol. The fraction of sp³-hybridized carbons (Fsp3) is 0.290. The molecule has 0 bridgehead atoms. The van der Waals surface area contributed by atoms with E-state index in [4.69, 9.17) is 9.47 Å². The molecule has 2 heterocycles. The summed E-state index contributed by atoms with van der Waals surface area (Å²) in [5, 5.41) is 4.80. The van der Waals surface area contributed by atoms with Crippen LogP contribution in [0, 0.1) is 11.6 Å². The summed E-state index contributed by atoms with van der Waals surface area (Å²) < 4.78 is 80.9. The number of aryl methyl sites for hydroxylation is 1. The van der Waals surface area contributed by atoms with Crippen LogP contribution in [0.25, 0.3) is 22.0 Å². The lowest BCUT2D eigenvalue weighted by Gasteiger charge is -2.22. The van der Waals surface area contributed by atoms with Gasteiger partial charge in [0.2, 0.25) is 0 Å². The topological polar surface area (TPSA) is 112 Å². The standard InChI is InChI=1S/C31H29F5N4O5/c1-5-24(31(34,35)36)38-17-14-20(32)26(21(33)15-17)28(41)39-22(30(43)45-4)13-16-8-9-19(27-18(16)7-6-11-37-27)25-23(44-3)10-12-40(2)29(25)42/h6-12,14-15,22,24,38H,5,13H2,1-4H3,(H,39,41)/t22-,24+/m0/s1. The van der Waals surface area contributed by atoms with E-state index in [1.807, 2.05) is 5.32 Å². The third-order valence-electron chi connectivity index (χ3n) is 7.21. The number of esters is 1. The van der Waals surface area contributed by atoms with Crippen LogP contribution in [0.3, 0.4) is 0 Å². The Morgan fingerprint density at radius 3 is 2.36 bits per heavy atom. The Balaban J connectivity index is 1.68. The highest BCUT2D eigenvalue weighted by Gasteiger charge is 2.38. The number of amides is 1. The normalized spacial score (nSPS) is 12.8. The van der Waals surface area contributed by atoms with E-state index in [1.165, 1.54) is 24.8 Å². The minimum atomic E-state index is -4.67. The van der Waals surface area contributed by atoms with Crippen LogP contribution in [-0.2, 0) is 23.0 Å². The van der Waals surface area contributed by atoms with E-state index in [0.29, 0.717) is 39.9 Å². The summed E-state index contributed by atoms with van der Waals surface area (Å²) in [7, 11) is 4.07. The molecule has 2 N–H and O–H groups in total. The van der Waals surface area contributed by atoms with Gasteiger partial charge in [-0.3, -0.25) is 14.6 Å². The number of carbonyl (C=O) groups is 2. The minimum Gasteiger partial charge on any atom is -0.496 e. The number of pyridine rings is 2. The van der Waals surface area contributed by atoms with Gasteiger partial charge in [-0.15, -0.1) is 0 Å². The molecule has 4 rings (SSSR count). The fourth-order valence-electron chi connectivity index (χ4n) is 4.92. The molecule has 2 atom stereocenters. The van der Waals surface area contributed by atoms with E-state index in [2.05, 4.69) is 10.3 Å². The van der Waals surface area contributed by atoms with Gasteiger partial charge in [0.05, 0.1) is 25.3 Å². The Kier molecular flexibility index (Phi) is 9.74. The lowest BCUT2D eigenvalue weighted by Crippen LogP contribution is -2.43. The molecular weight excluding hydrogens is 603 g/mol. The molecule has 0 saturated carbocycles. The van der Waals surface area contributed by atoms with Crippen molar-refractivity contribution >= 4 is 28.5 Å². The van der Waals surface area contributed by atoms with E-state index in [-0.39, 0.29) is 17.5 Å². The lowest BCUT2D eigenvalue weighted by atomic mass is 9.95. The molecular formula is C31H29F5N4O5. The molecule has 14 heteroatoms. The van der Waals surface area contributed by atoms with Gasteiger partial charge < -0.3 is 24.7 Å². The van der Waals surface area contributed by atoms with Gasteiger partial charge >= 0.3 is 12.1 Å². The van der Waals surface area contributed by atoms with Crippen LogP contribution < -0.4 is 20.9 Å². The Morgan fingerprint density at radius 1 is 1.07 bits per heavy atom. The Bertz CT molecular complexity index is 1780. The van der Waals surface area contributed by atoms with Crippen molar-refractivity contribution in [3.63, 3.8) is 0 Å². The number of carbonyl (C=O) groups excluding carboxylic acids is 2. The average Bonchev–Trinajstić information content (AvgIpc) is 2.99. The molecule has 0 aliphatic rings. The highest BCUT2D eigenvalue weighted by atomic mass is 19.4. The van der Waals surface area contributed by atoms with Gasteiger partial charge in [0, 0.05) is 42.5 Å². The van der Waals surface area contributed by atoms with Gasteiger partial charge in [-0.2, -0.15) is 13.2 Å². The third-order valence-corrected chi connectivity index (χ3v) is 7.21. The van der Waals surface area contributed by atoms with Crippen LogP contribution in [0.2, 0.25) is 0 Å². The Hall–Kier alpha value is -5.01. The first kappa shape index (κ1) is 32.9. The number of halogens is 5. The number of methoxy groups -OCH3 is 2. The van der Waals surface area contributed by atoms with E-state index in [1.54, 1.807) is 43.6 Å². The monoisotopic (exact) mass is 632 g/mol. The summed E-state index contributed by atoms with van der Waals surface area (Å²) >= 11 is 0. The third kappa shape index (κ3) is 6.89. The van der Waals surface area contributed by atoms with Crippen LogP contribution in [0.15, 0.2) is 59.7 Å². The second-order valence-corrected chi connectivity index (χ2v) is 10.1. The Morgan fingerprint density at radius 2 is 1.76 bits per heavy atom. The van der Waals surface area contributed by atoms with Gasteiger partial charge in [-0.05, 0) is 36.2 Å². The summed E-state index contributed by atoms with van der Waals surface area (Å²) in [5.41, 5.74) is -0.400. The van der Waals surface area contributed by atoms with Gasteiger partial charge in [0.1, 0.15) is 35.0 Å². The van der Waals surface area contributed by atoms with Gasteiger partial charge in [-0.25, -0.2) is 13.6 Å². The van der Waals surface area contributed by atoms with Crippen LogP contribution in [0.5, 0.6) is 5.75 Å². The zero-order chi connectivity index (χ0) is 33.1. The lowest BCUT2D eigenvalue weighted by molar-refractivity contribution is -0.143. The second-order valence-electron chi connectivity index (χ2n) is 10.1. The number of rotatable bonds is 10. The van der Waals surface area contributed by atoms with Crippen molar-refractivity contribution in [1.82, 2.24) is 14.9 Å². The van der Waals surface area contributed by atoms with Crippen LogP contribution >= 0.6 is 0 Å². The number of fused-ring (bicyclic) bond motifs is 1. The smallest absolute Gasteiger partial charge is 0.408 e. The predicted molar refractivity (Wildman–Crippen MR) is 156 cm³/mol. The zero-order valence-electron chi connectivity index (χ0n) is 24.6. The van der Waals surface area contributed by atoms with E-state index in [0.717, 1.165) is 7.11 Å². The number of nitrogens with zero attached hydrogens (tertiary/aromatic N) is 2. The van der Waals surface area contributed by atoms with Crippen molar-refractivity contribution in [2.75, 3.05) is 19.5 Å². The van der Waals surface area contributed by atoms with Gasteiger partial charge in [-0.1, -0.05) is 25.1 Å². The molecule has 45 heavy (non-hydrogen) atoms. The van der Waals surface area contributed by atoms with Crippen LogP contribution in [0.4, 0.5) is 27.6 Å². The molecule has 0 aliphatic heterocycles. The van der Waals surface area contributed by atoms with Crippen molar-refractivity contribution in [3.8, 4) is 16.9 Å². The molecule has 0 spiro atoms. The van der Waals surface area contributed by atoms with E-state index < -0.39 is 59.4 Å².